The second-order valence-corrected chi connectivity index (χ2v) is 17.7. The van der Waals surface area contributed by atoms with E-state index in [9.17, 15) is 24.0 Å². The standard InChI is InChI=1S/C45H53ClN10O7/c1-26(2)56-36-7-4-29(18-27(36)20-38(44(56)61)62-25-40(58)47-3)49-41-35(46)23-48-45(51-41)54-12-10-32(11-13-54)63-33-21-31(22-33)53-16-14-52(15-17-53)30-5-6-34-28(19-30)24-55(43(34)60)37-8-9-39(57)50-42(37)59/h4-7,18-20,23,26,31-33,37H,8-17,21-22,24-25H2,1-3H3,(H,47,58)(H,48,49,51)(H,50,57,59). The van der Waals surface area contributed by atoms with Crippen molar-refractivity contribution in [3.8, 4) is 5.75 Å². The molecule has 2 aromatic carbocycles. The minimum atomic E-state index is -0.611. The molecule has 1 atom stereocenters. The number of carbonyl (C=O) groups is 4. The molecule has 3 saturated heterocycles. The normalized spacial score (nSPS) is 22.0. The Kier molecular flexibility index (Phi) is 12.0. The van der Waals surface area contributed by atoms with Crippen LogP contribution in [0, 0.1) is 0 Å². The Bertz CT molecular complexity index is 2490. The summed E-state index contributed by atoms with van der Waals surface area (Å²) in [5, 5.41) is 9.34. The molecule has 2 aromatic heterocycles. The van der Waals surface area contributed by atoms with Crippen molar-refractivity contribution in [1.29, 1.82) is 0 Å². The Morgan fingerprint density at radius 1 is 0.937 bits per heavy atom. The number of nitrogens with one attached hydrogen (secondary N) is 3. The molecule has 0 radical (unpaired) electrons. The summed E-state index contributed by atoms with van der Waals surface area (Å²) in [6, 6.07) is 13.0. The molecule has 0 spiro atoms. The molecule has 1 unspecified atom stereocenters. The first-order chi connectivity index (χ1) is 30.4. The molecular formula is C45H53ClN10O7. The maximum absolute atomic E-state index is 13.2. The fourth-order valence-corrected chi connectivity index (χ4v) is 9.62. The lowest BCUT2D eigenvalue weighted by Gasteiger charge is -2.47. The number of hydrogen-bond donors (Lipinski definition) is 3. The van der Waals surface area contributed by atoms with Gasteiger partial charge in [0.2, 0.25) is 17.8 Å². The van der Waals surface area contributed by atoms with E-state index < -0.39 is 11.9 Å². The SMILES string of the molecule is CNC(=O)COc1cc2cc(Nc3nc(N4CCC(OC5CC(N6CCN(c7ccc8c(c7)CN(C7CCC(=O)NC7=O)C8=O)CC6)C5)CC4)ncc3Cl)ccc2n(C(C)C)c1=O. The van der Waals surface area contributed by atoms with Crippen LogP contribution in [0.15, 0.2) is 53.5 Å². The molecule has 4 amide bonds. The van der Waals surface area contributed by atoms with Crippen LogP contribution in [0.5, 0.6) is 5.75 Å². The first-order valence-electron chi connectivity index (χ1n) is 21.9. The van der Waals surface area contributed by atoms with Crippen LogP contribution in [0.3, 0.4) is 0 Å². The minimum Gasteiger partial charge on any atom is -0.478 e. The number of amides is 4. The smallest absolute Gasteiger partial charge is 0.293 e. The molecule has 4 fully saturated rings. The average Bonchev–Trinajstić information content (AvgIpc) is 3.59. The van der Waals surface area contributed by atoms with Crippen molar-refractivity contribution in [3.63, 3.8) is 0 Å². The van der Waals surface area contributed by atoms with Gasteiger partial charge in [-0.05, 0) is 94.0 Å². The quantitative estimate of drug-likeness (QED) is 0.174. The number of ether oxygens (including phenoxy) is 2. The summed E-state index contributed by atoms with van der Waals surface area (Å²) in [5.41, 5.74) is 3.81. The van der Waals surface area contributed by atoms with E-state index in [0.717, 1.165) is 87.1 Å². The second kappa shape index (κ2) is 17.8. The summed E-state index contributed by atoms with van der Waals surface area (Å²) in [7, 11) is 1.51. The van der Waals surface area contributed by atoms with Crippen LogP contribution in [0.4, 0.5) is 23.1 Å². The lowest BCUT2D eigenvalue weighted by molar-refractivity contribution is -0.137. The van der Waals surface area contributed by atoms with Crippen LogP contribution in [0.1, 0.15) is 74.3 Å². The van der Waals surface area contributed by atoms with Crippen LogP contribution in [0.2, 0.25) is 5.02 Å². The number of likely N-dealkylation sites (N-methyl/N-ethyl adjacent to an activating group) is 1. The number of halogens is 1. The summed E-state index contributed by atoms with van der Waals surface area (Å²) in [6.07, 6.45) is 6.45. The molecule has 332 valence electrons. The average molecular weight is 881 g/mol. The van der Waals surface area contributed by atoms with Gasteiger partial charge in [0, 0.05) is 93.7 Å². The number of rotatable bonds is 12. The summed E-state index contributed by atoms with van der Waals surface area (Å²) < 4.78 is 13.9. The first-order valence-corrected chi connectivity index (χ1v) is 22.3. The highest BCUT2D eigenvalue weighted by molar-refractivity contribution is 6.33. The Balaban J connectivity index is 0.739. The van der Waals surface area contributed by atoms with Crippen molar-refractivity contribution in [3.05, 3.63) is 75.2 Å². The number of fused-ring (bicyclic) bond motifs is 2. The lowest BCUT2D eigenvalue weighted by Crippen LogP contribution is -2.56. The predicted molar refractivity (Wildman–Crippen MR) is 238 cm³/mol. The van der Waals surface area contributed by atoms with Crippen molar-refractivity contribution < 1.29 is 28.7 Å². The van der Waals surface area contributed by atoms with Crippen LogP contribution >= 0.6 is 11.6 Å². The zero-order valence-electron chi connectivity index (χ0n) is 35.8. The van der Waals surface area contributed by atoms with Crippen molar-refractivity contribution in [1.82, 2.24) is 35.0 Å². The maximum atomic E-state index is 13.2. The van der Waals surface area contributed by atoms with E-state index in [1.165, 1.54) is 7.05 Å². The second-order valence-electron chi connectivity index (χ2n) is 17.3. The topological polar surface area (TPSA) is 184 Å². The van der Waals surface area contributed by atoms with Gasteiger partial charge in [-0.3, -0.25) is 34.2 Å². The molecule has 63 heavy (non-hydrogen) atoms. The lowest BCUT2D eigenvalue weighted by atomic mass is 9.87. The van der Waals surface area contributed by atoms with Gasteiger partial charge in [0.15, 0.2) is 18.2 Å². The third kappa shape index (κ3) is 8.78. The maximum Gasteiger partial charge on any atom is 0.293 e. The Morgan fingerprint density at radius 3 is 2.44 bits per heavy atom. The van der Waals surface area contributed by atoms with E-state index in [0.29, 0.717) is 47.0 Å². The molecule has 4 aromatic rings. The Hall–Kier alpha value is -5.78. The van der Waals surface area contributed by atoms with Gasteiger partial charge in [-0.2, -0.15) is 4.98 Å². The van der Waals surface area contributed by atoms with Gasteiger partial charge < -0.3 is 39.4 Å². The van der Waals surface area contributed by atoms with Gasteiger partial charge in [-0.25, -0.2) is 4.98 Å². The van der Waals surface area contributed by atoms with Gasteiger partial charge >= 0.3 is 0 Å². The van der Waals surface area contributed by atoms with Gasteiger partial charge in [-0.15, -0.1) is 0 Å². The largest absolute Gasteiger partial charge is 0.478 e. The van der Waals surface area contributed by atoms with Crippen molar-refractivity contribution in [2.45, 2.75) is 89.3 Å². The highest BCUT2D eigenvalue weighted by atomic mass is 35.5. The van der Waals surface area contributed by atoms with E-state index in [-0.39, 0.29) is 60.3 Å². The predicted octanol–water partition coefficient (Wildman–Crippen LogP) is 3.99. The first kappa shape index (κ1) is 42.5. The molecule has 1 aliphatic carbocycles. The van der Waals surface area contributed by atoms with Crippen LogP contribution in [-0.2, 0) is 25.7 Å². The number of pyridine rings is 1. The molecular weight excluding hydrogens is 828 g/mol. The number of benzene rings is 2. The molecule has 3 N–H and O–H groups in total. The molecule has 1 saturated carbocycles. The molecule has 9 rings (SSSR count). The van der Waals surface area contributed by atoms with E-state index in [1.54, 1.807) is 21.7 Å². The fourth-order valence-electron chi connectivity index (χ4n) is 9.48. The number of anilines is 4. The summed E-state index contributed by atoms with van der Waals surface area (Å²) in [6.45, 7) is 9.21. The third-order valence-electron chi connectivity index (χ3n) is 13.0. The summed E-state index contributed by atoms with van der Waals surface area (Å²) in [5.74, 6) is -0.00374. The van der Waals surface area contributed by atoms with Crippen LogP contribution in [-0.4, -0.2) is 125 Å². The Morgan fingerprint density at radius 2 is 1.71 bits per heavy atom. The fraction of sp³-hybridized carbons (Fsp3) is 0.489. The van der Waals surface area contributed by atoms with Gasteiger partial charge in [-0.1, -0.05) is 11.6 Å². The number of aromatic nitrogens is 3. The van der Waals surface area contributed by atoms with Crippen LogP contribution in [0.25, 0.3) is 10.9 Å². The molecule has 17 nitrogen and oxygen atoms in total. The summed E-state index contributed by atoms with van der Waals surface area (Å²) in [4.78, 5) is 80.4. The van der Waals surface area contributed by atoms with Gasteiger partial charge in [0.1, 0.15) is 11.1 Å². The van der Waals surface area contributed by atoms with E-state index in [4.69, 9.17) is 26.1 Å². The number of hydrogen-bond acceptors (Lipinski definition) is 13. The minimum absolute atomic E-state index is 0.0940. The Labute approximate surface area is 370 Å². The third-order valence-corrected chi connectivity index (χ3v) is 13.3. The molecule has 5 aliphatic rings. The zero-order valence-corrected chi connectivity index (χ0v) is 36.5. The zero-order chi connectivity index (χ0) is 43.9. The van der Waals surface area contributed by atoms with E-state index >= 15 is 0 Å². The number of nitrogens with zero attached hydrogens (tertiary/aromatic N) is 7. The number of piperidine rings is 2. The van der Waals surface area contributed by atoms with E-state index in [1.807, 2.05) is 44.2 Å². The van der Waals surface area contributed by atoms with Crippen molar-refractivity contribution in [2.75, 3.05) is 68.0 Å². The van der Waals surface area contributed by atoms with Crippen molar-refractivity contribution in [2.24, 2.45) is 0 Å². The number of imide groups is 1. The highest BCUT2D eigenvalue weighted by Gasteiger charge is 2.40. The number of carbonyl (C=O) groups excluding carboxylic acids is 4. The number of piperazine rings is 1. The highest BCUT2D eigenvalue weighted by Crippen LogP contribution is 2.35. The van der Waals surface area contributed by atoms with Crippen LogP contribution < -0.4 is 36.0 Å². The van der Waals surface area contributed by atoms with Crippen molar-refractivity contribution >= 4 is 69.3 Å². The summed E-state index contributed by atoms with van der Waals surface area (Å²) >= 11 is 6.60. The van der Waals surface area contributed by atoms with Gasteiger partial charge in [0.05, 0.1) is 23.9 Å². The molecule has 4 aliphatic heterocycles. The molecule has 0 bridgehead atoms. The molecule has 18 heteroatoms. The van der Waals surface area contributed by atoms with E-state index in [2.05, 4.69) is 41.7 Å². The molecule has 6 heterocycles. The van der Waals surface area contributed by atoms with Gasteiger partial charge in [0.25, 0.3) is 17.4 Å². The monoisotopic (exact) mass is 880 g/mol.